The van der Waals surface area contributed by atoms with Crippen LogP contribution < -0.4 is 5.56 Å². The van der Waals surface area contributed by atoms with Crippen LogP contribution in [0.3, 0.4) is 0 Å². The molecule has 38 heavy (non-hydrogen) atoms. The van der Waals surface area contributed by atoms with Gasteiger partial charge >= 0.3 is 0 Å². The molecule has 8 nitrogen and oxygen atoms in total. The van der Waals surface area contributed by atoms with Crippen LogP contribution in [-0.4, -0.2) is 57.6 Å². The number of ether oxygens (including phenoxy) is 1. The maximum absolute atomic E-state index is 14.2. The number of nitrogens with zero attached hydrogens (tertiary/aromatic N) is 3. The fourth-order valence-corrected chi connectivity index (χ4v) is 7.68. The van der Waals surface area contributed by atoms with Gasteiger partial charge in [0.1, 0.15) is 17.2 Å². The van der Waals surface area contributed by atoms with Crippen LogP contribution in [0.5, 0.6) is 5.75 Å². The van der Waals surface area contributed by atoms with Crippen LogP contribution in [0, 0.1) is 23.6 Å². The maximum Gasteiger partial charge on any atom is 0.296 e. The highest BCUT2D eigenvalue weighted by atomic mass is 35.5. The minimum atomic E-state index is -0.760. The number of amides is 2. The van der Waals surface area contributed by atoms with Crippen molar-refractivity contribution in [1.29, 1.82) is 0 Å². The van der Waals surface area contributed by atoms with Crippen molar-refractivity contribution in [3.8, 4) is 5.75 Å². The summed E-state index contributed by atoms with van der Waals surface area (Å²) in [5.74, 6) is -0.878. The smallest absolute Gasteiger partial charge is 0.296 e. The first-order chi connectivity index (χ1) is 18.3. The number of rotatable bonds is 4. The van der Waals surface area contributed by atoms with E-state index in [9.17, 15) is 23.9 Å². The molecule has 3 aliphatic heterocycles. The topological polar surface area (TPSA) is 92.1 Å². The zero-order valence-electron chi connectivity index (χ0n) is 20.9. The molecule has 10 heteroatoms. The van der Waals surface area contributed by atoms with E-state index >= 15 is 0 Å². The molecule has 1 N–H and O–H groups in total. The van der Waals surface area contributed by atoms with E-state index < -0.39 is 28.7 Å². The van der Waals surface area contributed by atoms with Gasteiger partial charge in [0.2, 0.25) is 0 Å². The second-order valence-electron chi connectivity index (χ2n) is 11.4. The van der Waals surface area contributed by atoms with Gasteiger partial charge in [0, 0.05) is 44.3 Å². The molecule has 0 bridgehead atoms. The Kier molecular flexibility index (Phi) is 5.43. The summed E-state index contributed by atoms with van der Waals surface area (Å²) in [7, 11) is 0. The van der Waals surface area contributed by atoms with E-state index in [1.807, 2.05) is 4.90 Å². The van der Waals surface area contributed by atoms with E-state index in [1.165, 1.54) is 17.0 Å². The van der Waals surface area contributed by atoms with E-state index in [0.717, 1.165) is 25.7 Å². The largest absolute Gasteiger partial charge is 0.502 e. The number of carbonyl (C=O) groups excluding carboxylic acids is 2. The maximum atomic E-state index is 14.2. The minimum absolute atomic E-state index is 0.0401. The highest BCUT2D eigenvalue weighted by Crippen LogP contribution is 2.64. The fourth-order valence-electron chi connectivity index (χ4n) is 7.48. The van der Waals surface area contributed by atoms with Crippen molar-refractivity contribution in [2.75, 3.05) is 26.3 Å². The van der Waals surface area contributed by atoms with Gasteiger partial charge < -0.3 is 19.6 Å². The summed E-state index contributed by atoms with van der Waals surface area (Å²) in [5.41, 5.74) is -0.126. The van der Waals surface area contributed by atoms with Gasteiger partial charge in [-0.3, -0.25) is 19.0 Å². The lowest BCUT2D eigenvalue weighted by Crippen LogP contribution is -2.52. The second-order valence-corrected chi connectivity index (χ2v) is 11.8. The molecule has 7 rings (SSSR count). The summed E-state index contributed by atoms with van der Waals surface area (Å²) in [6.45, 7) is 2.33. The third-order valence-electron chi connectivity index (χ3n) is 9.43. The molecular formula is C28H29ClFN3O5. The molecule has 0 radical (unpaired) electrons. The number of pyridine rings is 1. The molecule has 200 valence electrons. The van der Waals surface area contributed by atoms with E-state index in [4.69, 9.17) is 16.3 Å². The van der Waals surface area contributed by atoms with Crippen molar-refractivity contribution in [3.05, 3.63) is 61.8 Å². The van der Waals surface area contributed by atoms with E-state index in [1.54, 1.807) is 10.6 Å². The fraction of sp³-hybridized carbons (Fsp3) is 0.536. The van der Waals surface area contributed by atoms with Crippen molar-refractivity contribution in [2.45, 2.75) is 50.7 Å². The molecule has 3 atom stereocenters. The third-order valence-corrected chi connectivity index (χ3v) is 9.72. The average molecular weight is 542 g/mol. The summed E-state index contributed by atoms with van der Waals surface area (Å²) in [5, 5.41) is 11.1. The summed E-state index contributed by atoms with van der Waals surface area (Å²) >= 11 is 5.92. The zero-order valence-corrected chi connectivity index (χ0v) is 21.7. The molecule has 4 heterocycles. The SMILES string of the molecule is O=C1c2c(c3n(c(=O)c2O)C2(CCC4CC42)N(CC2CCOCC2)C3=O)CCN1Cc1ccc(F)c(Cl)c1. The van der Waals surface area contributed by atoms with Gasteiger partial charge in [-0.2, -0.15) is 0 Å². The first kappa shape index (κ1) is 24.2. The van der Waals surface area contributed by atoms with Crippen LogP contribution in [0.1, 0.15) is 64.1 Å². The van der Waals surface area contributed by atoms with Gasteiger partial charge in [0.25, 0.3) is 17.4 Å². The Bertz CT molecular complexity index is 1440. The molecule has 5 aliphatic rings. The van der Waals surface area contributed by atoms with Crippen LogP contribution in [-0.2, 0) is 23.4 Å². The number of benzene rings is 1. The monoisotopic (exact) mass is 541 g/mol. The molecule has 1 saturated heterocycles. The predicted octanol–water partition coefficient (Wildman–Crippen LogP) is 3.51. The van der Waals surface area contributed by atoms with Gasteiger partial charge in [-0.15, -0.1) is 0 Å². The van der Waals surface area contributed by atoms with Crippen molar-refractivity contribution < 1.29 is 23.8 Å². The van der Waals surface area contributed by atoms with Crippen LogP contribution in [0.4, 0.5) is 4.39 Å². The van der Waals surface area contributed by atoms with Crippen molar-refractivity contribution in [1.82, 2.24) is 14.4 Å². The highest BCUT2D eigenvalue weighted by Gasteiger charge is 2.67. The van der Waals surface area contributed by atoms with E-state index in [0.29, 0.717) is 56.2 Å². The first-order valence-corrected chi connectivity index (χ1v) is 13.8. The molecule has 3 fully saturated rings. The molecule has 1 aromatic carbocycles. The van der Waals surface area contributed by atoms with Gasteiger partial charge in [-0.25, -0.2) is 4.39 Å². The Labute approximate surface area is 223 Å². The summed E-state index contributed by atoms with van der Waals surface area (Å²) in [4.78, 5) is 45.0. The third kappa shape index (κ3) is 3.33. The molecule has 2 amide bonds. The lowest BCUT2D eigenvalue weighted by atomic mass is 9.95. The first-order valence-electron chi connectivity index (χ1n) is 13.5. The number of hydrogen-bond donors (Lipinski definition) is 1. The number of aromatic hydroxyl groups is 1. The Morgan fingerprint density at radius 1 is 1.13 bits per heavy atom. The molecule has 2 aromatic rings. The lowest BCUT2D eigenvalue weighted by Gasteiger charge is -2.40. The van der Waals surface area contributed by atoms with Crippen molar-refractivity contribution in [2.24, 2.45) is 17.8 Å². The second kappa shape index (κ2) is 8.55. The lowest BCUT2D eigenvalue weighted by molar-refractivity contribution is -0.000798. The average Bonchev–Trinajstić information content (AvgIpc) is 3.56. The van der Waals surface area contributed by atoms with E-state index in [2.05, 4.69) is 0 Å². The number of hydrogen-bond acceptors (Lipinski definition) is 5. The Morgan fingerprint density at radius 2 is 1.92 bits per heavy atom. The van der Waals surface area contributed by atoms with Crippen LogP contribution in [0.2, 0.25) is 5.02 Å². The number of carbonyl (C=O) groups is 2. The quantitative estimate of drug-likeness (QED) is 0.639. The molecule has 3 unspecified atom stereocenters. The number of fused-ring (bicyclic) bond motifs is 6. The molecular weight excluding hydrogens is 513 g/mol. The van der Waals surface area contributed by atoms with Gasteiger partial charge in [-0.1, -0.05) is 17.7 Å². The summed E-state index contributed by atoms with van der Waals surface area (Å²) in [6.07, 6.45) is 4.66. The van der Waals surface area contributed by atoms with Crippen LogP contribution in [0.15, 0.2) is 23.0 Å². The molecule has 2 aliphatic carbocycles. The Hall–Kier alpha value is -2.91. The van der Waals surface area contributed by atoms with Crippen molar-refractivity contribution >= 4 is 23.4 Å². The standard InChI is InChI=1S/C28H29ClFN3O5/c29-20-11-16(1-2-21(20)30)13-31-8-4-18-22(25(31)35)24(34)27(37)33-23(18)26(36)32(14-15-5-9-38-10-6-15)28(33)7-3-17-12-19(17)28/h1-2,11,15,17,19,34H,3-10,12-14H2. The van der Waals surface area contributed by atoms with Gasteiger partial charge in [0.15, 0.2) is 5.75 Å². The van der Waals surface area contributed by atoms with Crippen LogP contribution >= 0.6 is 11.6 Å². The predicted molar refractivity (Wildman–Crippen MR) is 136 cm³/mol. The van der Waals surface area contributed by atoms with Crippen molar-refractivity contribution in [3.63, 3.8) is 0 Å². The van der Waals surface area contributed by atoms with Gasteiger partial charge in [0.05, 0.1) is 10.6 Å². The normalized spacial score (nSPS) is 28.2. The minimum Gasteiger partial charge on any atom is -0.502 e. The van der Waals surface area contributed by atoms with Gasteiger partial charge in [-0.05, 0) is 68.1 Å². The Morgan fingerprint density at radius 3 is 2.61 bits per heavy atom. The van der Waals surface area contributed by atoms with Crippen LogP contribution in [0.25, 0.3) is 0 Å². The molecule has 1 spiro atoms. The molecule has 2 saturated carbocycles. The van der Waals surface area contributed by atoms with E-state index in [-0.39, 0.29) is 40.6 Å². The highest BCUT2D eigenvalue weighted by molar-refractivity contribution is 6.30. The zero-order chi connectivity index (χ0) is 26.3. The summed E-state index contributed by atoms with van der Waals surface area (Å²) < 4.78 is 20.7. The summed E-state index contributed by atoms with van der Waals surface area (Å²) in [6, 6.07) is 4.26. The molecule has 1 aromatic heterocycles. The number of aromatic nitrogens is 1. The Balaban J connectivity index is 1.30. The number of halogens is 2.